The van der Waals surface area contributed by atoms with E-state index in [2.05, 4.69) is 24.3 Å². The number of nitrogens with zero attached hydrogens (tertiary/aromatic N) is 3. The maximum absolute atomic E-state index is 12.5. The zero-order chi connectivity index (χ0) is 21.7. The summed E-state index contributed by atoms with van der Waals surface area (Å²) < 4.78 is 12.3. The van der Waals surface area contributed by atoms with Crippen LogP contribution in [0.15, 0.2) is 54.7 Å². The Bertz CT molecular complexity index is 1040. The number of hydrogen-bond acceptors (Lipinski definition) is 6. The molecule has 0 aliphatic rings. The van der Waals surface area contributed by atoms with Gasteiger partial charge in [-0.2, -0.15) is 5.10 Å². The lowest BCUT2D eigenvalue weighted by Crippen LogP contribution is -2.15. The highest BCUT2D eigenvalue weighted by atomic mass is 16.6. The molecule has 9 heteroatoms. The van der Waals surface area contributed by atoms with Crippen LogP contribution in [0.1, 0.15) is 35.8 Å². The van der Waals surface area contributed by atoms with Crippen LogP contribution in [0, 0.1) is 10.1 Å². The summed E-state index contributed by atoms with van der Waals surface area (Å²) in [4.78, 5) is 22.8. The normalized spacial score (nSPS) is 10.7. The summed E-state index contributed by atoms with van der Waals surface area (Å²) >= 11 is 0. The van der Waals surface area contributed by atoms with Gasteiger partial charge in [0.1, 0.15) is 11.5 Å². The molecule has 0 saturated heterocycles. The molecule has 2 aromatic carbocycles. The van der Waals surface area contributed by atoms with Crippen LogP contribution in [0.5, 0.6) is 11.5 Å². The fraction of sp³-hybridized carbons (Fsp3) is 0.238. The van der Waals surface area contributed by atoms with Crippen LogP contribution in [0.25, 0.3) is 0 Å². The minimum Gasteiger partial charge on any atom is -0.494 e. The Labute approximate surface area is 173 Å². The van der Waals surface area contributed by atoms with Crippen molar-refractivity contribution in [1.82, 2.24) is 9.78 Å². The van der Waals surface area contributed by atoms with Gasteiger partial charge >= 0.3 is 0 Å². The van der Waals surface area contributed by atoms with Gasteiger partial charge in [-0.3, -0.25) is 14.9 Å². The average molecular weight is 410 g/mol. The molecule has 0 unspecified atom stereocenters. The van der Waals surface area contributed by atoms with Gasteiger partial charge in [0.25, 0.3) is 11.6 Å². The van der Waals surface area contributed by atoms with Crippen molar-refractivity contribution in [3.63, 3.8) is 0 Å². The summed E-state index contributed by atoms with van der Waals surface area (Å²) in [6.45, 7) is 4.39. The van der Waals surface area contributed by atoms with E-state index >= 15 is 0 Å². The number of nitro benzene ring substituents is 1. The number of hydrogen-bond donors (Lipinski definition) is 1. The van der Waals surface area contributed by atoms with Gasteiger partial charge in [0.05, 0.1) is 23.8 Å². The van der Waals surface area contributed by atoms with Gasteiger partial charge in [-0.1, -0.05) is 26.0 Å². The SMILES string of the molecule is COc1cc([N+](=O)[O-])ccc1NC(=O)c1ccn(COc2ccc(C(C)C)cc2)n1. The van der Waals surface area contributed by atoms with Crippen LogP contribution in [-0.4, -0.2) is 27.7 Å². The second-order valence-electron chi connectivity index (χ2n) is 6.83. The van der Waals surface area contributed by atoms with E-state index in [1.165, 1.54) is 35.6 Å². The first-order chi connectivity index (χ1) is 14.4. The van der Waals surface area contributed by atoms with Gasteiger partial charge in [-0.25, -0.2) is 4.68 Å². The van der Waals surface area contributed by atoms with Gasteiger partial charge in [0.2, 0.25) is 0 Å². The Morgan fingerprint density at radius 3 is 2.57 bits per heavy atom. The van der Waals surface area contributed by atoms with Crippen LogP contribution in [0.3, 0.4) is 0 Å². The van der Waals surface area contributed by atoms with Crippen molar-refractivity contribution >= 4 is 17.3 Å². The third-order valence-corrected chi connectivity index (χ3v) is 4.43. The van der Waals surface area contributed by atoms with Gasteiger partial charge in [-0.15, -0.1) is 0 Å². The predicted octanol–water partition coefficient (Wildman–Crippen LogP) is 4.21. The molecule has 3 aromatic rings. The third-order valence-electron chi connectivity index (χ3n) is 4.43. The maximum Gasteiger partial charge on any atom is 0.276 e. The van der Waals surface area contributed by atoms with Gasteiger partial charge in [0.15, 0.2) is 12.4 Å². The lowest BCUT2D eigenvalue weighted by Gasteiger charge is -2.09. The number of amides is 1. The van der Waals surface area contributed by atoms with Gasteiger partial charge in [0, 0.05) is 12.3 Å². The Hall–Kier alpha value is -3.88. The molecule has 1 aromatic heterocycles. The van der Waals surface area contributed by atoms with Crippen LogP contribution < -0.4 is 14.8 Å². The van der Waals surface area contributed by atoms with E-state index in [0.717, 1.165) is 0 Å². The first kappa shape index (κ1) is 20.8. The molecule has 0 bridgehead atoms. The second-order valence-corrected chi connectivity index (χ2v) is 6.83. The molecule has 1 amide bonds. The lowest BCUT2D eigenvalue weighted by atomic mass is 10.0. The maximum atomic E-state index is 12.5. The monoisotopic (exact) mass is 410 g/mol. The molecule has 0 fully saturated rings. The number of nitro groups is 1. The Balaban J connectivity index is 1.63. The number of aromatic nitrogens is 2. The van der Waals surface area contributed by atoms with Crippen molar-refractivity contribution in [2.45, 2.75) is 26.5 Å². The molecule has 3 rings (SSSR count). The Morgan fingerprint density at radius 2 is 1.93 bits per heavy atom. The number of nitrogens with one attached hydrogen (secondary N) is 1. The molecule has 9 nitrogen and oxygen atoms in total. The highest BCUT2D eigenvalue weighted by molar-refractivity contribution is 6.03. The molecular weight excluding hydrogens is 388 g/mol. The topological polar surface area (TPSA) is 109 Å². The standard InChI is InChI=1S/C21H22N4O5/c1-14(2)15-4-7-17(8-5-15)30-13-24-11-10-19(23-24)21(26)22-18-9-6-16(25(27)28)12-20(18)29-3/h4-12,14H,13H2,1-3H3,(H,22,26). The fourth-order valence-electron chi connectivity index (χ4n) is 2.73. The summed E-state index contributed by atoms with van der Waals surface area (Å²) in [5.41, 5.74) is 1.58. The molecule has 1 heterocycles. The van der Waals surface area contributed by atoms with E-state index in [0.29, 0.717) is 17.4 Å². The van der Waals surface area contributed by atoms with E-state index < -0.39 is 10.8 Å². The number of ether oxygens (including phenoxy) is 2. The Morgan fingerprint density at radius 1 is 1.20 bits per heavy atom. The zero-order valence-electron chi connectivity index (χ0n) is 16.9. The Kier molecular flexibility index (Phi) is 6.31. The molecule has 30 heavy (non-hydrogen) atoms. The molecule has 1 N–H and O–H groups in total. The number of anilines is 1. The molecule has 156 valence electrons. The van der Waals surface area contributed by atoms with Crippen molar-refractivity contribution < 1.29 is 19.2 Å². The molecule has 0 atom stereocenters. The molecule has 0 radical (unpaired) electrons. The number of non-ortho nitro benzene ring substituents is 1. The molecule has 0 saturated carbocycles. The third kappa shape index (κ3) is 4.93. The van der Waals surface area contributed by atoms with Crippen LogP contribution in [0.2, 0.25) is 0 Å². The van der Waals surface area contributed by atoms with E-state index in [1.807, 2.05) is 24.3 Å². The van der Waals surface area contributed by atoms with E-state index in [4.69, 9.17) is 9.47 Å². The summed E-state index contributed by atoms with van der Waals surface area (Å²) in [7, 11) is 1.37. The number of benzene rings is 2. The molecule has 0 aliphatic heterocycles. The summed E-state index contributed by atoms with van der Waals surface area (Å²) in [6.07, 6.45) is 1.63. The fourth-order valence-corrected chi connectivity index (χ4v) is 2.73. The van der Waals surface area contributed by atoms with E-state index in [-0.39, 0.29) is 23.9 Å². The summed E-state index contributed by atoms with van der Waals surface area (Å²) in [5.74, 6) is 0.865. The van der Waals surface area contributed by atoms with Crippen molar-refractivity contribution in [3.8, 4) is 11.5 Å². The lowest BCUT2D eigenvalue weighted by molar-refractivity contribution is -0.384. The molecule has 0 spiro atoms. The predicted molar refractivity (Wildman–Crippen MR) is 111 cm³/mol. The minimum absolute atomic E-state index is 0.132. The van der Waals surface area contributed by atoms with Crippen LogP contribution >= 0.6 is 0 Å². The number of rotatable bonds is 8. The van der Waals surface area contributed by atoms with E-state index in [9.17, 15) is 14.9 Å². The van der Waals surface area contributed by atoms with Crippen molar-refractivity contribution in [3.05, 3.63) is 76.1 Å². The first-order valence-electron chi connectivity index (χ1n) is 9.27. The van der Waals surface area contributed by atoms with Crippen molar-refractivity contribution in [2.75, 3.05) is 12.4 Å². The van der Waals surface area contributed by atoms with Gasteiger partial charge in [-0.05, 0) is 35.7 Å². The summed E-state index contributed by atoms with van der Waals surface area (Å²) in [6, 6.07) is 13.3. The zero-order valence-corrected chi connectivity index (χ0v) is 16.9. The number of carbonyl (C=O) groups excluding carboxylic acids is 1. The smallest absolute Gasteiger partial charge is 0.276 e. The quantitative estimate of drug-likeness (QED) is 0.440. The van der Waals surface area contributed by atoms with E-state index in [1.54, 1.807) is 12.3 Å². The van der Waals surface area contributed by atoms with Crippen molar-refractivity contribution in [2.24, 2.45) is 0 Å². The summed E-state index contributed by atoms with van der Waals surface area (Å²) in [5, 5.41) is 17.7. The van der Waals surface area contributed by atoms with Crippen LogP contribution in [0.4, 0.5) is 11.4 Å². The first-order valence-corrected chi connectivity index (χ1v) is 9.27. The second kappa shape index (κ2) is 9.08. The minimum atomic E-state index is -0.536. The van der Waals surface area contributed by atoms with Crippen LogP contribution in [-0.2, 0) is 6.73 Å². The van der Waals surface area contributed by atoms with Gasteiger partial charge < -0.3 is 14.8 Å². The number of methoxy groups -OCH3 is 1. The highest BCUT2D eigenvalue weighted by Crippen LogP contribution is 2.29. The number of carbonyl (C=O) groups is 1. The average Bonchev–Trinajstić information content (AvgIpc) is 3.22. The largest absolute Gasteiger partial charge is 0.494 e. The highest BCUT2D eigenvalue weighted by Gasteiger charge is 2.16. The molecule has 0 aliphatic carbocycles. The molecular formula is C21H22N4O5. The van der Waals surface area contributed by atoms with Crippen molar-refractivity contribution in [1.29, 1.82) is 0 Å².